The zero-order chi connectivity index (χ0) is 47.7. The van der Waals surface area contributed by atoms with Gasteiger partial charge in [0.2, 0.25) is 21.8 Å². The molecule has 4 aromatic carbocycles. The zero-order valence-electron chi connectivity index (χ0n) is 38.1. The van der Waals surface area contributed by atoms with Gasteiger partial charge in [0.1, 0.15) is 35.2 Å². The largest absolute Gasteiger partial charge is 0.497 e. The zero-order valence-corrected chi connectivity index (χ0v) is 38.9. The summed E-state index contributed by atoms with van der Waals surface area (Å²) in [6.07, 6.45) is 0.820. The summed E-state index contributed by atoms with van der Waals surface area (Å²) in [4.78, 5) is 63.9. The molecule has 2 saturated carbocycles. The molecule has 4 amide bonds. The number of aromatic nitrogens is 1. The number of hydrogen-bond donors (Lipinski definition) is 3. The van der Waals surface area contributed by atoms with Crippen molar-refractivity contribution in [2.75, 3.05) is 20.8 Å². The Morgan fingerprint density at radius 2 is 1.55 bits per heavy atom. The van der Waals surface area contributed by atoms with Gasteiger partial charge in [-0.2, -0.15) is 0 Å². The highest BCUT2D eigenvalue weighted by Gasteiger charge is 2.63. The summed E-state index contributed by atoms with van der Waals surface area (Å²) in [5.74, 6) is -1.34. The quantitative estimate of drug-likeness (QED) is 0.0887. The van der Waals surface area contributed by atoms with Crippen molar-refractivity contribution in [2.45, 2.75) is 81.3 Å². The van der Waals surface area contributed by atoms with Crippen LogP contribution in [-0.2, 0) is 30.8 Å². The van der Waals surface area contributed by atoms with E-state index in [4.69, 9.17) is 23.9 Å². The van der Waals surface area contributed by atoms with Gasteiger partial charge < -0.3 is 34.5 Å². The topological polar surface area (TPSA) is 192 Å². The maximum absolute atomic E-state index is 15.0. The molecule has 8 rings (SSSR count). The van der Waals surface area contributed by atoms with Gasteiger partial charge >= 0.3 is 6.09 Å². The van der Waals surface area contributed by atoms with Crippen LogP contribution in [0.15, 0.2) is 122 Å². The number of carbonyl (C=O) groups excluding carboxylic acids is 4. The Kier molecular flexibility index (Phi) is 12.8. The minimum Gasteiger partial charge on any atom is -0.497 e. The van der Waals surface area contributed by atoms with E-state index >= 15 is 4.79 Å². The third-order valence-corrected chi connectivity index (χ3v) is 15.0. The lowest BCUT2D eigenvalue weighted by Crippen LogP contribution is -2.60. The third-order valence-electron chi connectivity index (χ3n) is 12.9. The number of ether oxygens (including phenoxy) is 4. The number of nitrogens with zero attached hydrogens (tertiary/aromatic N) is 2. The van der Waals surface area contributed by atoms with Crippen molar-refractivity contribution in [3.8, 4) is 34.3 Å². The highest BCUT2D eigenvalue weighted by atomic mass is 32.2. The molecule has 350 valence electrons. The maximum Gasteiger partial charge on any atom is 0.413 e. The molecule has 15 nitrogen and oxygen atoms in total. The summed E-state index contributed by atoms with van der Waals surface area (Å²) in [5, 5.41) is 6.26. The van der Waals surface area contributed by atoms with Crippen molar-refractivity contribution in [3.05, 3.63) is 127 Å². The fraction of sp³-hybridized carbons (Fsp3) is 0.353. The highest BCUT2D eigenvalue weighted by molar-refractivity contribution is 7.91. The first kappa shape index (κ1) is 46.6. The Labute approximate surface area is 390 Å². The van der Waals surface area contributed by atoms with E-state index in [1.165, 1.54) is 18.1 Å². The number of methoxy groups -OCH3 is 2. The molecular formula is C51H55N5O10S. The van der Waals surface area contributed by atoms with Crippen LogP contribution in [0.1, 0.15) is 52.0 Å². The van der Waals surface area contributed by atoms with Gasteiger partial charge in [0, 0.05) is 35.4 Å². The second-order valence-corrected chi connectivity index (χ2v) is 20.6. The number of pyridine rings is 1. The van der Waals surface area contributed by atoms with E-state index in [0.717, 1.165) is 11.1 Å². The minimum atomic E-state index is -4.20. The van der Waals surface area contributed by atoms with E-state index in [1.54, 1.807) is 70.3 Å². The second kappa shape index (κ2) is 18.4. The number of para-hydroxylation sites is 2. The molecule has 1 aliphatic heterocycles. The number of amides is 4. The molecule has 5 aromatic rings. The van der Waals surface area contributed by atoms with Crippen LogP contribution in [0, 0.1) is 11.3 Å². The molecule has 2 aliphatic carbocycles. The van der Waals surface area contributed by atoms with Crippen molar-refractivity contribution in [1.82, 2.24) is 25.2 Å². The summed E-state index contributed by atoms with van der Waals surface area (Å²) in [7, 11) is -1.20. The van der Waals surface area contributed by atoms with Crippen LogP contribution >= 0.6 is 0 Å². The predicted octanol–water partition coefficient (Wildman–Crippen LogP) is 6.75. The van der Waals surface area contributed by atoms with Crippen molar-refractivity contribution < 1.29 is 46.5 Å². The van der Waals surface area contributed by atoms with Crippen LogP contribution in [0.2, 0.25) is 0 Å². The highest BCUT2D eigenvalue weighted by Crippen LogP contribution is 2.49. The Bertz CT molecular complexity index is 2810. The van der Waals surface area contributed by atoms with Crippen LogP contribution in [-0.4, -0.2) is 91.4 Å². The first-order valence-electron chi connectivity index (χ1n) is 22.2. The monoisotopic (exact) mass is 929 g/mol. The molecule has 1 saturated heterocycles. The van der Waals surface area contributed by atoms with Crippen LogP contribution in [0.25, 0.3) is 22.2 Å². The van der Waals surface area contributed by atoms with Crippen LogP contribution in [0.3, 0.4) is 0 Å². The summed E-state index contributed by atoms with van der Waals surface area (Å²) in [6, 6.07) is 30.1. The van der Waals surface area contributed by atoms with Crippen LogP contribution in [0.5, 0.6) is 23.0 Å². The first-order valence-corrected chi connectivity index (χ1v) is 23.7. The Hall–Kier alpha value is -6.94. The number of rotatable bonds is 16. The number of nitrogens with one attached hydrogen (secondary N) is 3. The van der Waals surface area contributed by atoms with Gasteiger partial charge in [-0.15, -0.1) is 6.58 Å². The molecular weight excluding hydrogens is 875 g/mol. The van der Waals surface area contributed by atoms with E-state index in [2.05, 4.69) is 21.9 Å². The summed E-state index contributed by atoms with van der Waals surface area (Å²) >= 11 is 0. The van der Waals surface area contributed by atoms with Crippen LogP contribution < -0.4 is 34.3 Å². The SMILES string of the molecule is C=CC1C[C@@]1(NC(=O)[C@@H]1C[C@@H](Oc2cc(-c3ccccc3)nc3cc(OC)ccc23)CN1C(=O)[C@@H](NC(=O)Oc1ccccc1OC)C(C)(C)C)C(=O)NS(=O)(=O)C1(Cc2ccccc2)CC1. The Balaban J connectivity index is 1.10. The molecule has 1 aromatic heterocycles. The lowest BCUT2D eigenvalue weighted by Gasteiger charge is -2.35. The fourth-order valence-corrected chi connectivity index (χ4v) is 10.4. The normalized spacial score (nSPS) is 21.0. The molecule has 0 radical (unpaired) electrons. The lowest BCUT2D eigenvalue weighted by atomic mass is 9.85. The third kappa shape index (κ3) is 9.66. The Morgan fingerprint density at radius 1 is 0.881 bits per heavy atom. The summed E-state index contributed by atoms with van der Waals surface area (Å²) in [5.41, 5.74) is 0.284. The number of hydrogen-bond acceptors (Lipinski definition) is 11. The molecule has 0 bridgehead atoms. The van der Waals surface area contributed by atoms with Gasteiger partial charge in [0.15, 0.2) is 11.5 Å². The minimum absolute atomic E-state index is 0.0321. The predicted molar refractivity (Wildman–Crippen MR) is 252 cm³/mol. The van der Waals surface area contributed by atoms with Gasteiger partial charge in [-0.3, -0.25) is 19.1 Å². The average molecular weight is 930 g/mol. The molecule has 3 N–H and O–H groups in total. The van der Waals surface area contributed by atoms with E-state index in [9.17, 15) is 22.8 Å². The summed E-state index contributed by atoms with van der Waals surface area (Å²) < 4.78 is 52.3. The van der Waals surface area contributed by atoms with Gasteiger partial charge in [-0.25, -0.2) is 18.2 Å². The van der Waals surface area contributed by atoms with Gasteiger partial charge in [0.25, 0.3) is 5.91 Å². The molecule has 5 atom stereocenters. The van der Waals surface area contributed by atoms with Gasteiger partial charge in [-0.1, -0.05) is 99.6 Å². The van der Waals surface area contributed by atoms with Gasteiger partial charge in [0.05, 0.1) is 36.7 Å². The molecule has 16 heteroatoms. The van der Waals surface area contributed by atoms with E-state index < -0.39 is 73.6 Å². The maximum atomic E-state index is 15.0. The lowest BCUT2D eigenvalue weighted by molar-refractivity contribution is -0.142. The van der Waals surface area contributed by atoms with Crippen molar-refractivity contribution in [2.24, 2.45) is 11.3 Å². The van der Waals surface area contributed by atoms with Crippen molar-refractivity contribution in [1.29, 1.82) is 0 Å². The summed E-state index contributed by atoms with van der Waals surface area (Å²) in [6.45, 7) is 9.06. The number of carbonyl (C=O) groups is 4. The number of benzene rings is 4. The van der Waals surface area contributed by atoms with Crippen molar-refractivity contribution in [3.63, 3.8) is 0 Å². The fourth-order valence-electron chi connectivity index (χ4n) is 8.78. The molecule has 1 unspecified atom stereocenters. The van der Waals surface area contributed by atoms with Gasteiger partial charge in [-0.05, 0) is 60.9 Å². The number of fused-ring (bicyclic) bond motifs is 1. The molecule has 3 fully saturated rings. The van der Waals surface area contributed by atoms with Crippen molar-refractivity contribution >= 4 is 44.7 Å². The molecule has 0 spiro atoms. The average Bonchev–Trinajstić information content (AvgIpc) is 4.22. The smallest absolute Gasteiger partial charge is 0.413 e. The molecule has 67 heavy (non-hydrogen) atoms. The standard InChI is InChI=1S/C51H55N5O10S/c1-7-34-30-51(34,47(59)55-67(61,62)50(24-25-50)29-32-16-10-8-11-17-32)54-45(57)40-27-36(65-43-28-38(33-18-12-9-13-19-33)52-39-26-35(63-5)22-23-37(39)43)31-56(40)46(58)44(49(2,3)4)53-48(60)66-42-21-15-14-20-41(42)64-6/h7-23,26,28,34,36,40,44H,1,24-25,27,29-31H2,2-6H3,(H,53,60)(H,54,57)(H,55,59)/t34?,36-,40+,44-,51+/m1/s1. The molecule has 3 aliphatic rings. The molecule has 2 heterocycles. The number of likely N-dealkylation sites (tertiary alicyclic amines) is 1. The van der Waals surface area contributed by atoms with Crippen LogP contribution in [0.4, 0.5) is 4.79 Å². The van der Waals surface area contributed by atoms with E-state index in [-0.39, 0.29) is 31.6 Å². The Morgan fingerprint density at radius 3 is 2.18 bits per heavy atom. The van der Waals surface area contributed by atoms with E-state index in [0.29, 0.717) is 46.7 Å². The van der Waals surface area contributed by atoms with E-state index in [1.807, 2.05) is 66.7 Å². The first-order chi connectivity index (χ1) is 32.0. The second-order valence-electron chi connectivity index (χ2n) is 18.5. The number of sulfonamides is 1.